The summed E-state index contributed by atoms with van der Waals surface area (Å²) in [7, 11) is 0.558. The lowest BCUT2D eigenvalue weighted by molar-refractivity contribution is 0.263. The molecule has 0 aliphatic rings. The Labute approximate surface area is 140 Å². The van der Waals surface area contributed by atoms with E-state index < -0.39 is 0 Å². The zero-order valence-corrected chi connectivity index (χ0v) is 15.5. The summed E-state index contributed by atoms with van der Waals surface area (Å²) in [6.45, 7) is 5.97. The molecule has 124 valence electrons. The number of aromatic nitrogens is 2. The Bertz CT molecular complexity index is 623. The van der Waals surface area contributed by atoms with E-state index in [2.05, 4.69) is 22.1 Å². The number of hydrogen-bond donors (Lipinski definition) is 1. The lowest BCUT2D eigenvalue weighted by Crippen LogP contribution is -2.10. The standard InChI is InChI=1S/C16H22N2O3P2/c1-11-4-6-12(7-5-11)13(9-19)8-14-15(20-22-2)16(21-23-3)18-10-17-14/h4-7,10,13,19,22-23H,8-9H2,1-3H3/t13-/m1/s1. The maximum atomic E-state index is 9.79. The molecule has 0 aliphatic carbocycles. The highest BCUT2D eigenvalue weighted by Crippen LogP contribution is 2.36. The molecule has 7 heteroatoms. The van der Waals surface area contributed by atoms with E-state index in [1.54, 1.807) is 0 Å². The Morgan fingerprint density at radius 3 is 2.39 bits per heavy atom. The normalized spacial score (nSPS) is 13.0. The monoisotopic (exact) mass is 352 g/mol. The molecular formula is C16H22N2O3P2. The number of nitrogens with zero attached hydrogens (tertiary/aromatic N) is 2. The summed E-state index contributed by atoms with van der Waals surface area (Å²) >= 11 is 0. The first-order valence-electron chi connectivity index (χ1n) is 7.38. The van der Waals surface area contributed by atoms with Crippen molar-refractivity contribution < 1.29 is 14.2 Å². The summed E-state index contributed by atoms with van der Waals surface area (Å²) in [5, 5.41) is 9.79. The van der Waals surface area contributed by atoms with E-state index in [0.29, 0.717) is 18.1 Å². The second-order valence-corrected chi connectivity index (χ2v) is 6.29. The first-order valence-corrected chi connectivity index (χ1v) is 10.2. The molecule has 0 amide bonds. The van der Waals surface area contributed by atoms with Gasteiger partial charge in [0, 0.05) is 12.3 Å². The molecule has 0 aliphatic heterocycles. The fourth-order valence-corrected chi connectivity index (χ4v) is 3.02. The van der Waals surface area contributed by atoms with E-state index in [1.807, 2.05) is 32.4 Å². The summed E-state index contributed by atoms with van der Waals surface area (Å²) in [4.78, 5) is 8.51. The first kappa shape index (κ1) is 18.1. The van der Waals surface area contributed by atoms with Crippen LogP contribution in [0.15, 0.2) is 30.6 Å². The number of rotatable bonds is 8. The van der Waals surface area contributed by atoms with Crippen molar-refractivity contribution in [3.05, 3.63) is 47.4 Å². The van der Waals surface area contributed by atoms with Crippen molar-refractivity contribution in [2.45, 2.75) is 19.3 Å². The topological polar surface area (TPSA) is 64.5 Å². The molecule has 2 unspecified atom stereocenters. The molecule has 23 heavy (non-hydrogen) atoms. The molecule has 1 N–H and O–H groups in total. The van der Waals surface area contributed by atoms with Crippen LogP contribution in [-0.2, 0) is 6.42 Å². The van der Waals surface area contributed by atoms with E-state index >= 15 is 0 Å². The fraction of sp³-hybridized carbons (Fsp3) is 0.375. The van der Waals surface area contributed by atoms with Crippen LogP contribution >= 0.6 is 17.6 Å². The second kappa shape index (κ2) is 9.12. The van der Waals surface area contributed by atoms with Crippen LogP contribution in [0, 0.1) is 6.92 Å². The highest BCUT2D eigenvalue weighted by Gasteiger charge is 2.19. The predicted octanol–water partition coefficient (Wildman–Crippen LogP) is 3.31. The van der Waals surface area contributed by atoms with E-state index in [-0.39, 0.29) is 30.1 Å². The van der Waals surface area contributed by atoms with E-state index in [4.69, 9.17) is 9.05 Å². The van der Waals surface area contributed by atoms with Gasteiger partial charge in [0.1, 0.15) is 6.33 Å². The minimum absolute atomic E-state index is 0.0371. The van der Waals surface area contributed by atoms with Crippen LogP contribution in [0.25, 0.3) is 0 Å². The second-order valence-electron chi connectivity index (χ2n) is 5.06. The van der Waals surface area contributed by atoms with Crippen molar-refractivity contribution in [2.75, 3.05) is 19.9 Å². The number of aliphatic hydroxyl groups excluding tert-OH is 1. The van der Waals surface area contributed by atoms with E-state index in [9.17, 15) is 5.11 Å². The number of aliphatic hydroxyl groups is 1. The third kappa shape index (κ3) is 4.84. The quantitative estimate of drug-likeness (QED) is 0.739. The molecule has 0 spiro atoms. The molecule has 1 aromatic carbocycles. The maximum absolute atomic E-state index is 9.79. The Hall–Kier alpha value is -1.28. The van der Waals surface area contributed by atoms with Crippen LogP contribution in [-0.4, -0.2) is 35.0 Å². The number of benzene rings is 1. The molecule has 0 bridgehead atoms. The minimum Gasteiger partial charge on any atom is -0.470 e. The number of aryl methyl sites for hydroxylation is 1. The molecule has 1 heterocycles. The summed E-state index contributed by atoms with van der Waals surface area (Å²) in [5.74, 6) is 1.03. The third-order valence-corrected chi connectivity index (χ3v) is 4.26. The molecule has 1 aromatic heterocycles. The maximum Gasteiger partial charge on any atom is 0.263 e. The molecule has 3 atom stereocenters. The van der Waals surface area contributed by atoms with Crippen LogP contribution in [0.2, 0.25) is 0 Å². The molecule has 0 fully saturated rings. The van der Waals surface area contributed by atoms with Gasteiger partial charge in [-0.25, -0.2) is 4.98 Å². The SMILES string of the molecule is CPOc1ncnc(C[C@H](CO)c2ccc(C)cc2)c1OPC. The largest absolute Gasteiger partial charge is 0.470 e. The van der Waals surface area contributed by atoms with Crippen molar-refractivity contribution in [3.8, 4) is 11.6 Å². The molecule has 5 nitrogen and oxygen atoms in total. The van der Waals surface area contributed by atoms with E-state index in [0.717, 1.165) is 11.3 Å². The number of hydrogen-bond acceptors (Lipinski definition) is 5. The van der Waals surface area contributed by atoms with Gasteiger partial charge in [-0.15, -0.1) is 0 Å². The average molecular weight is 352 g/mol. The predicted molar refractivity (Wildman–Crippen MR) is 96.5 cm³/mol. The summed E-state index contributed by atoms with van der Waals surface area (Å²) in [6, 6.07) is 8.19. The Balaban J connectivity index is 2.29. The summed E-state index contributed by atoms with van der Waals surface area (Å²) < 4.78 is 11.3. The molecule has 2 rings (SSSR count). The zero-order valence-electron chi connectivity index (χ0n) is 13.5. The molecule has 0 saturated carbocycles. The molecule has 2 aromatic rings. The van der Waals surface area contributed by atoms with Crippen molar-refractivity contribution in [2.24, 2.45) is 0 Å². The molecule has 0 saturated heterocycles. The third-order valence-electron chi connectivity index (χ3n) is 3.46. The van der Waals surface area contributed by atoms with Crippen molar-refractivity contribution in [1.82, 2.24) is 9.97 Å². The smallest absolute Gasteiger partial charge is 0.263 e. The minimum atomic E-state index is -0.0371. The zero-order chi connectivity index (χ0) is 16.7. The van der Waals surface area contributed by atoms with Gasteiger partial charge in [-0.1, -0.05) is 29.8 Å². The molecule has 0 radical (unpaired) electrons. The summed E-state index contributed by atoms with van der Waals surface area (Å²) in [5.41, 5.74) is 3.05. The lowest BCUT2D eigenvalue weighted by atomic mass is 9.94. The van der Waals surface area contributed by atoms with Gasteiger partial charge < -0.3 is 14.2 Å². The Morgan fingerprint density at radius 1 is 1.09 bits per heavy atom. The van der Waals surface area contributed by atoms with Crippen molar-refractivity contribution in [1.29, 1.82) is 0 Å². The van der Waals surface area contributed by atoms with Gasteiger partial charge in [0.05, 0.1) is 29.9 Å². The van der Waals surface area contributed by atoms with Gasteiger partial charge in [-0.3, -0.25) is 0 Å². The van der Waals surface area contributed by atoms with Crippen molar-refractivity contribution >= 4 is 17.6 Å². The summed E-state index contributed by atoms with van der Waals surface area (Å²) in [6.07, 6.45) is 2.06. The molecular weight excluding hydrogens is 330 g/mol. The lowest BCUT2D eigenvalue weighted by Gasteiger charge is -2.17. The first-order chi connectivity index (χ1) is 11.2. The van der Waals surface area contributed by atoms with Crippen LogP contribution in [0.5, 0.6) is 11.6 Å². The highest BCUT2D eigenvalue weighted by atomic mass is 31.1. The van der Waals surface area contributed by atoms with Gasteiger partial charge in [-0.2, -0.15) is 4.98 Å². The van der Waals surface area contributed by atoms with Gasteiger partial charge in [0.15, 0.2) is 0 Å². The van der Waals surface area contributed by atoms with Crippen molar-refractivity contribution in [3.63, 3.8) is 0 Å². The van der Waals surface area contributed by atoms with Gasteiger partial charge >= 0.3 is 0 Å². The van der Waals surface area contributed by atoms with Gasteiger partial charge in [-0.05, 0) is 25.8 Å². The Morgan fingerprint density at radius 2 is 1.78 bits per heavy atom. The Kier molecular flexibility index (Phi) is 7.16. The van der Waals surface area contributed by atoms with Crippen LogP contribution in [0.1, 0.15) is 22.7 Å². The van der Waals surface area contributed by atoms with Crippen LogP contribution < -0.4 is 9.05 Å². The average Bonchev–Trinajstić information content (AvgIpc) is 2.56. The van der Waals surface area contributed by atoms with E-state index in [1.165, 1.54) is 11.9 Å². The van der Waals surface area contributed by atoms with Crippen LogP contribution in [0.3, 0.4) is 0 Å². The van der Waals surface area contributed by atoms with Gasteiger partial charge in [0.25, 0.3) is 5.88 Å². The van der Waals surface area contributed by atoms with Gasteiger partial charge in [0.2, 0.25) is 5.75 Å². The highest BCUT2D eigenvalue weighted by molar-refractivity contribution is 7.32. The van der Waals surface area contributed by atoms with Crippen LogP contribution in [0.4, 0.5) is 0 Å². The fourth-order valence-electron chi connectivity index (χ4n) is 2.27.